The molecule has 0 saturated heterocycles. The van der Waals surface area contributed by atoms with Crippen LogP contribution in [0.15, 0.2) is 42.6 Å². The van der Waals surface area contributed by atoms with Crippen LogP contribution in [0.5, 0.6) is 17.2 Å². The summed E-state index contributed by atoms with van der Waals surface area (Å²) in [6.45, 7) is 0.777. The second-order valence-electron chi connectivity index (χ2n) is 6.93. The van der Waals surface area contributed by atoms with Crippen LogP contribution in [-0.4, -0.2) is 52.0 Å². The van der Waals surface area contributed by atoms with Crippen LogP contribution in [0.1, 0.15) is 0 Å². The molecule has 0 bridgehead atoms. The van der Waals surface area contributed by atoms with E-state index in [2.05, 4.69) is 25.3 Å². The molecule has 1 heterocycles. The third-order valence-corrected chi connectivity index (χ3v) is 5.19. The summed E-state index contributed by atoms with van der Waals surface area (Å²) in [6, 6.07) is 10.1. The van der Waals surface area contributed by atoms with Crippen molar-refractivity contribution in [3.63, 3.8) is 0 Å². The summed E-state index contributed by atoms with van der Waals surface area (Å²) in [4.78, 5) is 8.62. The number of ether oxygens (including phenoxy) is 3. The number of benzene rings is 2. The van der Waals surface area contributed by atoms with Gasteiger partial charge in [0.1, 0.15) is 28.9 Å². The lowest BCUT2D eigenvalue weighted by atomic mass is 10.2. The van der Waals surface area contributed by atoms with Gasteiger partial charge in [-0.15, -0.1) is 0 Å². The van der Waals surface area contributed by atoms with Crippen LogP contribution in [0, 0.1) is 0 Å². The van der Waals surface area contributed by atoms with Crippen molar-refractivity contribution in [2.24, 2.45) is 5.73 Å². The van der Waals surface area contributed by atoms with E-state index in [0.29, 0.717) is 41.8 Å². The summed E-state index contributed by atoms with van der Waals surface area (Å²) in [5, 5.41) is 6.33. The molecule has 0 amide bonds. The number of hydrogen-bond donors (Lipinski definition) is 4. The van der Waals surface area contributed by atoms with Gasteiger partial charge in [0.25, 0.3) is 0 Å². The summed E-state index contributed by atoms with van der Waals surface area (Å²) in [6.07, 6.45) is 2.47. The van der Waals surface area contributed by atoms with Crippen molar-refractivity contribution >= 4 is 50.5 Å². The molecule has 11 nitrogen and oxygen atoms in total. The molecule has 0 saturated carbocycles. The van der Waals surface area contributed by atoms with E-state index in [1.54, 1.807) is 30.3 Å². The van der Waals surface area contributed by atoms with Crippen molar-refractivity contribution in [2.45, 2.75) is 0 Å². The second-order valence-corrected chi connectivity index (χ2v) is 9.08. The van der Waals surface area contributed by atoms with Gasteiger partial charge in [-0.05, 0) is 24.3 Å². The summed E-state index contributed by atoms with van der Waals surface area (Å²) in [7, 11) is -0.534. The molecule has 0 atom stereocenters. The Bertz CT molecular complexity index is 1260. The lowest BCUT2D eigenvalue weighted by Crippen LogP contribution is -2.12. The Balaban J connectivity index is 1.88. The highest BCUT2D eigenvalue weighted by Crippen LogP contribution is 2.34. The van der Waals surface area contributed by atoms with Gasteiger partial charge in [-0.3, -0.25) is 4.72 Å². The van der Waals surface area contributed by atoms with Crippen LogP contribution in [0.25, 0.3) is 0 Å². The first-order chi connectivity index (χ1) is 16.2. The Hall–Kier alpha value is -3.48. The highest BCUT2D eigenvalue weighted by Gasteiger charge is 2.14. The van der Waals surface area contributed by atoms with Gasteiger partial charge in [0, 0.05) is 18.7 Å². The fourth-order valence-corrected chi connectivity index (χ4v) is 3.55. The maximum Gasteiger partial charge on any atom is 0.229 e. The van der Waals surface area contributed by atoms with Crippen LogP contribution in [0.2, 0.25) is 5.02 Å². The standard InChI is InChI=1S/C21H25ClN6O5S/c1-31-13-4-6-16(18(10-13)28-34(3,29)30)25-20-15(22)12-24-21(27-20)26-17-7-5-14(33-9-8-23)11-19(17)32-2/h4-7,10-12,28H,8-9,23H2,1-3H3,(H2,24,25,26,27). The molecule has 1 aromatic heterocycles. The zero-order chi connectivity index (χ0) is 24.7. The first kappa shape index (κ1) is 25.1. The van der Waals surface area contributed by atoms with Gasteiger partial charge in [-0.2, -0.15) is 4.98 Å². The Morgan fingerprint density at radius 2 is 1.74 bits per heavy atom. The average molecular weight is 509 g/mol. The Kier molecular flexibility index (Phi) is 8.21. The predicted molar refractivity (Wildman–Crippen MR) is 133 cm³/mol. The monoisotopic (exact) mass is 508 g/mol. The van der Waals surface area contributed by atoms with Crippen LogP contribution in [-0.2, 0) is 10.0 Å². The minimum absolute atomic E-state index is 0.226. The van der Waals surface area contributed by atoms with Crippen molar-refractivity contribution in [3.05, 3.63) is 47.6 Å². The van der Waals surface area contributed by atoms with Crippen LogP contribution >= 0.6 is 11.6 Å². The van der Waals surface area contributed by atoms with Gasteiger partial charge in [0.05, 0.1) is 43.7 Å². The van der Waals surface area contributed by atoms with E-state index in [1.165, 1.54) is 26.5 Å². The molecule has 0 spiro atoms. The molecular weight excluding hydrogens is 484 g/mol. The van der Waals surface area contributed by atoms with Gasteiger partial charge < -0.3 is 30.6 Å². The minimum Gasteiger partial charge on any atom is -0.497 e. The van der Waals surface area contributed by atoms with Crippen LogP contribution in [0.3, 0.4) is 0 Å². The number of rotatable bonds is 11. The molecule has 0 unspecified atom stereocenters. The molecule has 2 aromatic carbocycles. The molecule has 0 aliphatic heterocycles. The van der Waals surface area contributed by atoms with Gasteiger partial charge in [0.15, 0.2) is 5.82 Å². The number of anilines is 5. The summed E-state index contributed by atoms with van der Waals surface area (Å²) in [5.41, 5.74) is 6.75. The molecule has 182 valence electrons. The third-order valence-electron chi connectivity index (χ3n) is 4.33. The highest BCUT2D eigenvalue weighted by molar-refractivity contribution is 7.92. The maximum atomic E-state index is 11.8. The fourth-order valence-electron chi connectivity index (χ4n) is 2.85. The van der Waals surface area contributed by atoms with Crippen LogP contribution < -0.4 is 35.3 Å². The van der Waals surface area contributed by atoms with E-state index in [1.807, 2.05) is 0 Å². The molecule has 5 N–H and O–H groups in total. The van der Waals surface area contributed by atoms with E-state index in [4.69, 9.17) is 31.5 Å². The fraction of sp³-hybridized carbons (Fsp3) is 0.238. The molecule has 0 aliphatic carbocycles. The quantitative estimate of drug-likeness (QED) is 0.303. The number of halogens is 1. The van der Waals surface area contributed by atoms with E-state index in [-0.39, 0.29) is 22.5 Å². The number of nitrogens with two attached hydrogens (primary N) is 1. The first-order valence-electron chi connectivity index (χ1n) is 9.95. The number of hydrogen-bond acceptors (Lipinski definition) is 10. The van der Waals surface area contributed by atoms with E-state index in [9.17, 15) is 8.42 Å². The number of aromatic nitrogens is 2. The van der Waals surface area contributed by atoms with Crippen molar-refractivity contribution < 1.29 is 22.6 Å². The topological polar surface area (TPSA) is 150 Å². The SMILES string of the molecule is COc1ccc(Nc2nc(Nc3ccc(OCCN)cc3OC)ncc2Cl)c(NS(C)(=O)=O)c1. The summed E-state index contributed by atoms with van der Waals surface area (Å²) >= 11 is 6.29. The molecule has 13 heteroatoms. The Labute approximate surface area is 202 Å². The first-order valence-corrected chi connectivity index (χ1v) is 12.2. The van der Waals surface area contributed by atoms with E-state index < -0.39 is 10.0 Å². The Morgan fingerprint density at radius 1 is 1.00 bits per heavy atom. The van der Waals surface area contributed by atoms with Gasteiger partial charge in [0.2, 0.25) is 16.0 Å². The number of nitrogens with one attached hydrogen (secondary N) is 3. The second kappa shape index (κ2) is 11.1. The smallest absolute Gasteiger partial charge is 0.229 e. The zero-order valence-electron chi connectivity index (χ0n) is 18.8. The molecule has 34 heavy (non-hydrogen) atoms. The van der Waals surface area contributed by atoms with Gasteiger partial charge in [-0.25, -0.2) is 13.4 Å². The van der Waals surface area contributed by atoms with E-state index in [0.717, 1.165) is 6.26 Å². The van der Waals surface area contributed by atoms with Gasteiger partial charge in [-0.1, -0.05) is 11.6 Å². The lowest BCUT2D eigenvalue weighted by Gasteiger charge is -2.16. The summed E-state index contributed by atoms with van der Waals surface area (Å²) < 4.78 is 42.2. The molecule has 3 rings (SSSR count). The van der Waals surface area contributed by atoms with E-state index >= 15 is 0 Å². The number of sulfonamides is 1. The average Bonchev–Trinajstić information content (AvgIpc) is 2.80. The van der Waals surface area contributed by atoms with Crippen molar-refractivity contribution in [2.75, 3.05) is 49.0 Å². The zero-order valence-corrected chi connectivity index (χ0v) is 20.3. The predicted octanol–water partition coefficient (Wildman–Crippen LogP) is 3.34. The lowest BCUT2D eigenvalue weighted by molar-refractivity contribution is 0.325. The van der Waals surface area contributed by atoms with Crippen molar-refractivity contribution in [1.82, 2.24) is 9.97 Å². The molecule has 0 fully saturated rings. The van der Waals surface area contributed by atoms with Crippen molar-refractivity contribution in [1.29, 1.82) is 0 Å². The molecule has 0 aliphatic rings. The summed E-state index contributed by atoms with van der Waals surface area (Å²) in [5.74, 6) is 2.07. The number of methoxy groups -OCH3 is 2. The highest BCUT2D eigenvalue weighted by atomic mass is 35.5. The number of nitrogens with zero attached hydrogens (tertiary/aromatic N) is 2. The molecule has 3 aromatic rings. The third kappa shape index (κ3) is 6.76. The van der Waals surface area contributed by atoms with Crippen molar-refractivity contribution in [3.8, 4) is 17.2 Å². The van der Waals surface area contributed by atoms with Crippen LogP contribution in [0.4, 0.5) is 28.8 Å². The largest absolute Gasteiger partial charge is 0.497 e. The minimum atomic E-state index is -3.55. The normalized spacial score (nSPS) is 11.0. The molecule has 0 radical (unpaired) electrons. The molecular formula is C21H25ClN6O5S. The maximum absolute atomic E-state index is 11.8. The Morgan fingerprint density at radius 3 is 2.41 bits per heavy atom. The van der Waals surface area contributed by atoms with Gasteiger partial charge >= 0.3 is 0 Å².